The van der Waals surface area contributed by atoms with Gasteiger partial charge in [-0.2, -0.15) is 0 Å². The van der Waals surface area contributed by atoms with Crippen molar-refractivity contribution in [3.63, 3.8) is 0 Å². The largest absolute Gasteiger partial charge is 0.313 e. The van der Waals surface area contributed by atoms with Crippen LogP contribution in [0.25, 0.3) is 0 Å². The third-order valence-corrected chi connectivity index (χ3v) is 4.78. The molecule has 0 fully saturated rings. The van der Waals surface area contributed by atoms with Gasteiger partial charge in [0.25, 0.3) is 0 Å². The number of aromatic nitrogens is 1. The molecule has 0 saturated carbocycles. The summed E-state index contributed by atoms with van der Waals surface area (Å²) in [6.45, 7) is 2.15. The summed E-state index contributed by atoms with van der Waals surface area (Å²) in [6.07, 6.45) is 3.90. The second kappa shape index (κ2) is 7.52. The van der Waals surface area contributed by atoms with Crippen molar-refractivity contribution in [2.24, 2.45) is 0 Å². The zero-order valence-electron chi connectivity index (χ0n) is 11.7. The van der Waals surface area contributed by atoms with Crippen LogP contribution in [0.2, 0.25) is 0 Å². The van der Waals surface area contributed by atoms with Gasteiger partial charge in [-0.25, -0.2) is 0 Å². The molecule has 1 unspecified atom stereocenters. The first-order valence-corrected chi connectivity index (χ1v) is 8.57. The summed E-state index contributed by atoms with van der Waals surface area (Å²) in [7, 11) is 2.00. The van der Waals surface area contributed by atoms with Gasteiger partial charge in [0.05, 0.1) is 0 Å². The van der Waals surface area contributed by atoms with Gasteiger partial charge in [-0.1, -0.05) is 28.9 Å². The Morgan fingerprint density at radius 1 is 1.30 bits per heavy atom. The lowest BCUT2D eigenvalue weighted by molar-refractivity contribution is 0.581. The van der Waals surface area contributed by atoms with E-state index in [2.05, 4.69) is 86.1 Å². The molecule has 0 aliphatic rings. The lowest BCUT2D eigenvalue weighted by atomic mass is 10.0. The molecule has 0 amide bonds. The molecule has 2 nitrogen and oxygen atoms in total. The number of benzene rings is 1. The Morgan fingerprint density at radius 2 is 2.10 bits per heavy atom. The summed E-state index contributed by atoms with van der Waals surface area (Å²) in [5, 5.41) is 3.39. The van der Waals surface area contributed by atoms with Gasteiger partial charge < -0.3 is 5.32 Å². The lowest BCUT2D eigenvalue weighted by Gasteiger charge is -2.18. The minimum absolute atomic E-state index is 0.263. The summed E-state index contributed by atoms with van der Waals surface area (Å²) >= 11 is 5.99. The number of pyridine rings is 1. The number of halogens is 2. The van der Waals surface area contributed by atoms with E-state index in [1.54, 1.807) is 0 Å². The normalized spacial score (nSPS) is 12.4. The van der Waals surface area contributed by atoms with E-state index >= 15 is 0 Å². The van der Waals surface area contributed by atoms with Crippen molar-refractivity contribution in [2.75, 3.05) is 7.05 Å². The van der Waals surface area contributed by atoms with Crippen LogP contribution in [0.1, 0.15) is 29.8 Å². The monoisotopic (exact) mass is 444 g/mol. The van der Waals surface area contributed by atoms with Gasteiger partial charge in [0, 0.05) is 32.4 Å². The molecule has 1 aromatic carbocycles. The lowest BCUT2D eigenvalue weighted by Crippen LogP contribution is -2.20. The summed E-state index contributed by atoms with van der Waals surface area (Å²) in [5.74, 6) is 0. The predicted octanol–water partition coefficient (Wildman–Crippen LogP) is 4.51. The fourth-order valence-corrected chi connectivity index (χ4v) is 3.18. The van der Waals surface area contributed by atoms with Crippen molar-refractivity contribution in [1.82, 2.24) is 10.3 Å². The molecule has 0 spiro atoms. The van der Waals surface area contributed by atoms with Crippen LogP contribution in [-0.2, 0) is 12.8 Å². The topological polar surface area (TPSA) is 24.9 Å². The zero-order chi connectivity index (χ0) is 14.5. The van der Waals surface area contributed by atoms with Gasteiger partial charge in [-0.15, -0.1) is 0 Å². The van der Waals surface area contributed by atoms with Crippen LogP contribution in [0.3, 0.4) is 0 Å². The third kappa shape index (κ3) is 4.02. The smallest absolute Gasteiger partial charge is 0.0422 e. The first kappa shape index (κ1) is 15.9. The van der Waals surface area contributed by atoms with Gasteiger partial charge in [-0.3, -0.25) is 4.98 Å². The van der Waals surface area contributed by atoms with E-state index in [0.29, 0.717) is 0 Å². The fraction of sp³-hybridized carbons (Fsp3) is 0.312. The fourth-order valence-electron chi connectivity index (χ4n) is 2.14. The van der Waals surface area contributed by atoms with Gasteiger partial charge in [0.2, 0.25) is 0 Å². The van der Waals surface area contributed by atoms with E-state index in [-0.39, 0.29) is 6.04 Å². The van der Waals surface area contributed by atoms with Crippen molar-refractivity contribution >= 4 is 38.5 Å². The molecule has 0 aliphatic heterocycles. The van der Waals surface area contributed by atoms with E-state index in [1.807, 2.05) is 13.2 Å². The summed E-state index contributed by atoms with van der Waals surface area (Å²) in [6, 6.07) is 11.0. The van der Waals surface area contributed by atoms with E-state index in [1.165, 1.54) is 14.7 Å². The molecule has 2 aromatic rings. The first-order valence-electron chi connectivity index (χ1n) is 6.70. The standard InChI is InChI=1S/C16H18BrIN2/c1-3-11-4-6-13(20-10-11)9-16(19-2)14-8-12(18)5-7-15(14)17/h4-8,10,16,19H,3,9H2,1-2H3. The number of hydrogen-bond donors (Lipinski definition) is 1. The zero-order valence-corrected chi connectivity index (χ0v) is 15.4. The molecule has 0 saturated heterocycles. The Labute approximate surface area is 142 Å². The van der Waals surface area contributed by atoms with E-state index in [0.717, 1.165) is 23.0 Å². The number of likely N-dealkylation sites (N-methyl/N-ethyl adjacent to an activating group) is 1. The molecule has 0 bridgehead atoms. The second-order valence-corrected chi connectivity index (χ2v) is 6.82. The van der Waals surface area contributed by atoms with E-state index < -0.39 is 0 Å². The highest BCUT2D eigenvalue weighted by Crippen LogP contribution is 2.27. The maximum Gasteiger partial charge on any atom is 0.0422 e. The Kier molecular flexibility index (Phi) is 5.99. The minimum Gasteiger partial charge on any atom is -0.313 e. The maximum absolute atomic E-state index is 4.56. The number of rotatable bonds is 5. The minimum atomic E-state index is 0.263. The number of nitrogens with zero attached hydrogens (tertiary/aromatic N) is 1. The third-order valence-electron chi connectivity index (χ3n) is 3.39. The van der Waals surface area contributed by atoms with E-state index in [4.69, 9.17) is 0 Å². The number of aryl methyl sites for hydroxylation is 1. The molecule has 1 heterocycles. The Morgan fingerprint density at radius 3 is 2.70 bits per heavy atom. The molecule has 2 rings (SSSR count). The molecule has 1 N–H and O–H groups in total. The SMILES string of the molecule is CCc1ccc(CC(NC)c2cc(I)ccc2Br)nc1. The van der Waals surface area contributed by atoms with Crippen LogP contribution in [0.15, 0.2) is 41.0 Å². The molecule has 4 heteroatoms. The maximum atomic E-state index is 4.56. The highest BCUT2D eigenvalue weighted by molar-refractivity contribution is 14.1. The van der Waals surface area contributed by atoms with Crippen LogP contribution in [0, 0.1) is 3.57 Å². The van der Waals surface area contributed by atoms with Gasteiger partial charge in [0.1, 0.15) is 0 Å². The summed E-state index contributed by atoms with van der Waals surface area (Å²) < 4.78 is 2.39. The van der Waals surface area contributed by atoms with Crippen molar-refractivity contribution < 1.29 is 0 Å². The molecule has 1 atom stereocenters. The van der Waals surface area contributed by atoms with Gasteiger partial charge >= 0.3 is 0 Å². The molecule has 20 heavy (non-hydrogen) atoms. The van der Waals surface area contributed by atoms with Crippen LogP contribution >= 0.6 is 38.5 Å². The van der Waals surface area contributed by atoms with Crippen molar-refractivity contribution in [2.45, 2.75) is 25.8 Å². The Balaban J connectivity index is 2.21. The average Bonchev–Trinajstić information content (AvgIpc) is 2.48. The van der Waals surface area contributed by atoms with Crippen LogP contribution < -0.4 is 5.32 Å². The van der Waals surface area contributed by atoms with E-state index in [9.17, 15) is 0 Å². The summed E-state index contributed by atoms with van der Waals surface area (Å²) in [5.41, 5.74) is 3.68. The van der Waals surface area contributed by atoms with Gasteiger partial charge in [0.15, 0.2) is 0 Å². The van der Waals surface area contributed by atoms with Gasteiger partial charge in [-0.05, 0) is 71.5 Å². The van der Waals surface area contributed by atoms with Crippen LogP contribution in [0.4, 0.5) is 0 Å². The molecule has 0 radical (unpaired) electrons. The summed E-state index contributed by atoms with van der Waals surface area (Å²) in [4.78, 5) is 4.56. The molecule has 106 valence electrons. The highest BCUT2D eigenvalue weighted by atomic mass is 127. The van der Waals surface area contributed by atoms with Crippen LogP contribution in [0.5, 0.6) is 0 Å². The molecule has 1 aromatic heterocycles. The quantitative estimate of drug-likeness (QED) is 0.686. The van der Waals surface area contributed by atoms with Crippen molar-refractivity contribution in [1.29, 1.82) is 0 Å². The number of hydrogen-bond acceptors (Lipinski definition) is 2. The average molecular weight is 445 g/mol. The van der Waals surface area contributed by atoms with Crippen molar-refractivity contribution in [3.05, 3.63) is 61.4 Å². The molecular formula is C16H18BrIN2. The highest BCUT2D eigenvalue weighted by Gasteiger charge is 2.14. The first-order chi connectivity index (χ1) is 9.63. The second-order valence-electron chi connectivity index (χ2n) is 4.72. The van der Waals surface area contributed by atoms with Crippen molar-refractivity contribution in [3.8, 4) is 0 Å². The molecule has 0 aliphatic carbocycles. The predicted molar refractivity (Wildman–Crippen MR) is 96.0 cm³/mol. The molecular weight excluding hydrogens is 427 g/mol. The Bertz CT molecular complexity index is 569. The van der Waals surface area contributed by atoms with Crippen LogP contribution in [-0.4, -0.2) is 12.0 Å². The number of nitrogens with one attached hydrogen (secondary N) is 1. The Hall–Kier alpha value is -0.460.